The van der Waals surface area contributed by atoms with E-state index in [0.29, 0.717) is 22.2 Å². The Morgan fingerprint density at radius 1 is 1.10 bits per heavy atom. The number of rotatable bonds is 6. The summed E-state index contributed by atoms with van der Waals surface area (Å²) in [6.07, 6.45) is 2.29. The molecule has 2 amide bonds. The second-order valence-corrected chi connectivity index (χ2v) is 10.4. The number of carbonyl (C=O) groups is 3. The summed E-state index contributed by atoms with van der Waals surface area (Å²) in [5, 5.41) is 15.1. The summed E-state index contributed by atoms with van der Waals surface area (Å²) in [5.41, 5.74) is 3.48. The van der Waals surface area contributed by atoms with Gasteiger partial charge in [-0.2, -0.15) is 0 Å². The molecular formula is C24H30N2O4S. The topological polar surface area (TPSA) is 95.5 Å². The van der Waals surface area contributed by atoms with Gasteiger partial charge in [0.15, 0.2) is 0 Å². The minimum Gasteiger partial charge on any atom is -0.481 e. The number of aliphatic carboxylic acids is 1. The fourth-order valence-electron chi connectivity index (χ4n) is 3.89. The summed E-state index contributed by atoms with van der Waals surface area (Å²) in [4.78, 5) is 37.5. The molecule has 31 heavy (non-hydrogen) atoms. The van der Waals surface area contributed by atoms with E-state index in [1.165, 1.54) is 11.3 Å². The van der Waals surface area contributed by atoms with Gasteiger partial charge in [-0.05, 0) is 55.2 Å². The molecule has 7 heteroatoms. The predicted molar refractivity (Wildman–Crippen MR) is 124 cm³/mol. The molecule has 0 aliphatic heterocycles. The van der Waals surface area contributed by atoms with Crippen LogP contribution in [0.25, 0.3) is 0 Å². The molecule has 166 valence electrons. The number of carboxylic acids is 1. The molecule has 0 radical (unpaired) electrons. The summed E-state index contributed by atoms with van der Waals surface area (Å²) < 4.78 is 0. The number of benzene rings is 1. The third-order valence-corrected chi connectivity index (χ3v) is 7.02. The van der Waals surface area contributed by atoms with Crippen LogP contribution < -0.4 is 10.6 Å². The van der Waals surface area contributed by atoms with Crippen LogP contribution in [0.15, 0.2) is 24.3 Å². The molecule has 1 heterocycles. The third-order valence-electron chi connectivity index (χ3n) is 5.85. The maximum Gasteiger partial charge on any atom is 0.303 e. The van der Waals surface area contributed by atoms with Crippen molar-refractivity contribution >= 4 is 39.8 Å². The van der Waals surface area contributed by atoms with Gasteiger partial charge in [0, 0.05) is 17.0 Å². The standard InChI is InChI=1S/C24H30N2O4S/c1-14-5-8-16(9-6-14)25-22(30)21-17-10-7-15(24(2,3)4)13-18(17)31-23(21)26-19(27)11-12-20(28)29/h5-6,8-9,15H,7,10-13H2,1-4H3,(H,25,30)(H,26,27)(H,28,29)/t15-/m1/s1. The average Bonchev–Trinajstić information content (AvgIpc) is 3.04. The summed E-state index contributed by atoms with van der Waals surface area (Å²) in [7, 11) is 0. The number of nitrogens with one attached hydrogen (secondary N) is 2. The molecule has 0 fully saturated rings. The lowest BCUT2D eigenvalue weighted by molar-refractivity contribution is -0.138. The Balaban J connectivity index is 1.90. The normalized spacial score (nSPS) is 15.8. The molecular weight excluding hydrogens is 412 g/mol. The second kappa shape index (κ2) is 9.22. The largest absolute Gasteiger partial charge is 0.481 e. The Kier molecular flexibility index (Phi) is 6.84. The maximum atomic E-state index is 13.2. The minimum absolute atomic E-state index is 0.123. The van der Waals surface area contributed by atoms with E-state index in [1.54, 1.807) is 0 Å². The van der Waals surface area contributed by atoms with Crippen molar-refractivity contribution in [2.24, 2.45) is 11.3 Å². The molecule has 1 aromatic carbocycles. The molecule has 1 aliphatic carbocycles. The van der Waals surface area contributed by atoms with Crippen molar-refractivity contribution < 1.29 is 19.5 Å². The monoisotopic (exact) mass is 442 g/mol. The summed E-state index contributed by atoms with van der Waals surface area (Å²) in [5.74, 6) is -1.16. The van der Waals surface area contributed by atoms with Crippen molar-refractivity contribution in [3.05, 3.63) is 45.8 Å². The van der Waals surface area contributed by atoms with E-state index in [9.17, 15) is 14.4 Å². The molecule has 3 N–H and O–H groups in total. The van der Waals surface area contributed by atoms with Crippen LogP contribution in [-0.2, 0) is 22.4 Å². The summed E-state index contributed by atoms with van der Waals surface area (Å²) >= 11 is 1.45. The van der Waals surface area contributed by atoms with Crippen LogP contribution in [-0.4, -0.2) is 22.9 Å². The molecule has 2 aromatic rings. The lowest BCUT2D eigenvalue weighted by Crippen LogP contribution is -2.27. The number of anilines is 2. The summed E-state index contributed by atoms with van der Waals surface area (Å²) in [6, 6.07) is 7.57. The van der Waals surface area contributed by atoms with Crippen molar-refractivity contribution in [3.63, 3.8) is 0 Å². The zero-order valence-corrected chi connectivity index (χ0v) is 19.3. The van der Waals surface area contributed by atoms with Crippen LogP contribution in [0.5, 0.6) is 0 Å². The molecule has 1 aromatic heterocycles. The van der Waals surface area contributed by atoms with Crippen molar-refractivity contribution in [3.8, 4) is 0 Å². The smallest absolute Gasteiger partial charge is 0.303 e. The Labute approximate surface area is 187 Å². The molecule has 0 spiro atoms. The van der Waals surface area contributed by atoms with Crippen LogP contribution in [0.4, 0.5) is 10.7 Å². The van der Waals surface area contributed by atoms with Crippen LogP contribution in [0, 0.1) is 18.3 Å². The molecule has 0 unspecified atom stereocenters. The number of carbonyl (C=O) groups excluding carboxylic acids is 2. The zero-order valence-electron chi connectivity index (χ0n) is 18.5. The second-order valence-electron chi connectivity index (χ2n) is 9.28. The lowest BCUT2D eigenvalue weighted by atomic mass is 9.72. The zero-order chi connectivity index (χ0) is 22.8. The first-order valence-electron chi connectivity index (χ1n) is 10.6. The fraction of sp³-hybridized carbons (Fsp3) is 0.458. The van der Waals surface area contributed by atoms with E-state index in [-0.39, 0.29) is 24.2 Å². The van der Waals surface area contributed by atoms with Crippen molar-refractivity contribution in [2.75, 3.05) is 10.6 Å². The van der Waals surface area contributed by atoms with Gasteiger partial charge in [0.25, 0.3) is 5.91 Å². The van der Waals surface area contributed by atoms with Gasteiger partial charge in [-0.25, -0.2) is 0 Å². The van der Waals surface area contributed by atoms with Gasteiger partial charge in [-0.1, -0.05) is 38.5 Å². The first-order chi connectivity index (χ1) is 14.5. The van der Waals surface area contributed by atoms with Crippen LogP contribution in [0.2, 0.25) is 0 Å². The van der Waals surface area contributed by atoms with Crippen molar-refractivity contribution in [1.82, 2.24) is 0 Å². The highest BCUT2D eigenvalue weighted by Gasteiger charge is 2.34. The van der Waals surface area contributed by atoms with Gasteiger partial charge in [-0.15, -0.1) is 11.3 Å². The lowest BCUT2D eigenvalue weighted by Gasteiger charge is -2.33. The number of hydrogen-bond donors (Lipinski definition) is 3. The van der Waals surface area contributed by atoms with E-state index >= 15 is 0 Å². The van der Waals surface area contributed by atoms with Gasteiger partial charge in [0.05, 0.1) is 12.0 Å². The first kappa shape index (κ1) is 23.0. The first-order valence-corrected chi connectivity index (χ1v) is 11.4. The van der Waals surface area contributed by atoms with Crippen LogP contribution in [0.3, 0.4) is 0 Å². The number of thiophene rings is 1. The van der Waals surface area contributed by atoms with Gasteiger partial charge < -0.3 is 15.7 Å². The van der Waals surface area contributed by atoms with Crippen molar-refractivity contribution in [2.45, 2.75) is 59.8 Å². The number of carboxylic acid groups (broad SMARTS) is 1. The highest BCUT2D eigenvalue weighted by molar-refractivity contribution is 7.17. The van der Waals surface area contributed by atoms with Gasteiger partial charge in [0.2, 0.25) is 5.91 Å². The van der Waals surface area contributed by atoms with Crippen LogP contribution in [0.1, 0.15) is 66.4 Å². The summed E-state index contributed by atoms with van der Waals surface area (Å²) in [6.45, 7) is 8.68. The Hall–Kier alpha value is -2.67. The molecule has 6 nitrogen and oxygen atoms in total. The van der Waals surface area contributed by atoms with E-state index in [4.69, 9.17) is 5.11 Å². The third kappa shape index (κ3) is 5.73. The Morgan fingerprint density at radius 3 is 2.39 bits per heavy atom. The van der Waals surface area contributed by atoms with Gasteiger partial charge >= 0.3 is 5.97 Å². The molecule has 1 aliphatic rings. The van der Waals surface area contributed by atoms with E-state index < -0.39 is 11.9 Å². The molecule has 0 saturated carbocycles. The fourth-order valence-corrected chi connectivity index (χ4v) is 5.23. The highest BCUT2D eigenvalue weighted by atomic mass is 32.1. The Morgan fingerprint density at radius 2 is 1.77 bits per heavy atom. The number of amides is 2. The van der Waals surface area contributed by atoms with Crippen LogP contribution >= 0.6 is 11.3 Å². The van der Waals surface area contributed by atoms with Gasteiger partial charge in [0.1, 0.15) is 5.00 Å². The number of aryl methyl sites for hydroxylation is 1. The SMILES string of the molecule is Cc1ccc(NC(=O)c2c(NC(=O)CCC(=O)O)sc3c2CC[C@@H](C(C)(C)C)C3)cc1. The predicted octanol–water partition coefficient (Wildman–Crippen LogP) is 5.26. The van der Waals surface area contributed by atoms with Gasteiger partial charge in [-0.3, -0.25) is 14.4 Å². The minimum atomic E-state index is -1.02. The molecule has 1 atom stereocenters. The van der Waals surface area contributed by atoms with E-state index in [0.717, 1.165) is 35.3 Å². The number of hydrogen-bond acceptors (Lipinski definition) is 4. The van der Waals surface area contributed by atoms with E-state index in [1.807, 2.05) is 31.2 Å². The average molecular weight is 443 g/mol. The Bertz CT molecular complexity index is 986. The van der Waals surface area contributed by atoms with E-state index in [2.05, 4.69) is 31.4 Å². The highest BCUT2D eigenvalue weighted by Crippen LogP contribution is 2.44. The van der Waals surface area contributed by atoms with Crippen molar-refractivity contribution in [1.29, 1.82) is 0 Å². The molecule has 0 bridgehead atoms. The molecule has 3 rings (SSSR count). The maximum absolute atomic E-state index is 13.2. The quantitative estimate of drug-likeness (QED) is 0.568. The molecule has 0 saturated heterocycles. The number of fused-ring (bicyclic) bond motifs is 1.